The van der Waals surface area contributed by atoms with Crippen molar-refractivity contribution in [1.29, 1.82) is 0 Å². The van der Waals surface area contributed by atoms with E-state index in [9.17, 15) is 0 Å². The van der Waals surface area contributed by atoms with Crippen molar-refractivity contribution in [2.45, 2.75) is 26.7 Å². The molecule has 2 bridgehead atoms. The van der Waals surface area contributed by atoms with Crippen LogP contribution in [0.2, 0.25) is 0 Å². The minimum atomic E-state index is 0.405. The van der Waals surface area contributed by atoms with Crippen molar-refractivity contribution in [2.75, 3.05) is 26.2 Å². The van der Waals surface area contributed by atoms with Gasteiger partial charge in [0.15, 0.2) is 0 Å². The van der Waals surface area contributed by atoms with Crippen molar-refractivity contribution < 1.29 is 0 Å². The monoisotopic (exact) mass is 368 g/mol. The van der Waals surface area contributed by atoms with Crippen LogP contribution in [0.3, 0.4) is 0 Å². The lowest BCUT2D eigenvalue weighted by Gasteiger charge is -2.36. The van der Waals surface area contributed by atoms with Gasteiger partial charge in [0.05, 0.1) is 11.4 Å². The van der Waals surface area contributed by atoms with Gasteiger partial charge in [-0.1, -0.05) is 26.0 Å². The zero-order valence-electron chi connectivity index (χ0n) is 15.7. The summed E-state index contributed by atoms with van der Waals surface area (Å²) in [5.41, 5.74) is 5.36. The topological polar surface area (TPSA) is 40.0 Å². The molecule has 1 aromatic heterocycles. The first-order valence-electron chi connectivity index (χ1n) is 9.74. The SMILES string of the molecule is CC1C/C=C(\N2CCNCC2)C2=NN=C[C@@H](C/C=C\1c1ccsc1)C2C. The van der Waals surface area contributed by atoms with Crippen LogP contribution in [-0.4, -0.2) is 43.0 Å². The summed E-state index contributed by atoms with van der Waals surface area (Å²) in [5, 5.41) is 16.9. The predicted octanol–water partition coefficient (Wildman–Crippen LogP) is 4.04. The van der Waals surface area contributed by atoms with Crippen LogP contribution in [0.1, 0.15) is 32.3 Å². The Bertz CT molecular complexity index is 738. The summed E-state index contributed by atoms with van der Waals surface area (Å²) in [6, 6.07) is 2.25. The van der Waals surface area contributed by atoms with Gasteiger partial charge in [-0.05, 0) is 46.7 Å². The van der Waals surface area contributed by atoms with Crippen molar-refractivity contribution in [3.8, 4) is 0 Å². The molecular formula is C21H28N4S. The van der Waals surface area contributed by atoms with Crippen LogP contribution in [0, 0.1) is 17.8 Å². The van der Waals surface area contributed by atoms with Crippen LogP contribution in [-0.2, 0) is 0 Å². The van der Waals surface area contributed by atoms with E-state index < -0.39 is 0 Å². The van der Waals surface area contributed by atoms with E-state index in [0.717, 1.165) is 39.0 Å². The van der Waals surface area contributed by atoms with E-state index in [1.54, 1.807) is 11.3 Å². The summed E-state index contributed by atoms with van der Waals surface area (Å²) in [7, 11) is 0. The fourth-order valence-corrected chi connectivity index (χ4v) is 4.83. The second kappa shape index (κ2) is 7.89. The largest absolute Gasteiger partial charge is 0.368 e. The highest BCUT2D eigenvalue weighted by molar-refractivity contribution is 7.08. The normalized spacial score (nSPS) is 33.7. The third-order valence-corrected chi connectivity index (χ3v) is 6.56. The Morgan fingerprint density at radius 3 is 2.77 bits per heavy atom. The van der Waals surface area contributed by atoms with E-state index in [4.69, 9.17) is 0 Å². The maximum absolute atomic E-state index is 4.59. The Balaban J connectivity index is 1.71. The Morgan fingerprint density at radius 2 is 2.00 bits per heavy atom. The highest BCUT2D eigenvalue weighted by Crippen LogP contribution is 2.34. The van der Waals surface area contributed by atoms with Crippen LogP contribution in [0.15, 0.2) is 44.9 Å². The number of fused-ring (bicyclic) bond motifs is 2. The van der Waals surface area contributed by atoms with Gasteiger partial charge in [0.25, 0.3) is 0 Å². The van der Waals surface area contributed by atoms with Crippen LogP contribution in [0.4, 0.5) is 0 Å². The predicted molar refractivity (Wildman–Crippen MR) is 112 cm³/mol. The van der Waals surface area contributed by atoms with Gasteiger partial charge in [0.2, 0.25) is 0 Å². The van der Waals surface area contributed by atoms with Crippen molar-refractivity contribution in [3.63, 3.8) is 0 Å². The third-order valence-electron chi connectivity index (χ3n) is 5.88. The van der Waals surface area contributed by atoms with Gasteiger partial charge in [-0.2, -0.15) is 21.5 Å². The summed E-state index contributed by atoms with van der Waals surface area (Å²) in [4.78, 5) is 2.51. The number of piperazine rings is 1. The van der Waals surface area contributed by atoms with E-state index in [0.29, 0.717) is 17.8 Å². The van der Waals surface area contributed by atoms with E-state index in [2.05, 4.69) is 69.5 Å². The Kier molecular flexibility index (Phi) is 5.36. The number of allylic oxidation sites excluding steroid dienone is 4. The van der Waals surface area contributed by atoms with Gasteiger partial charge in [-0.25, -0.2) is 0 Å². The van der Waals surface area contributed by atoms with Gasteiger partial charge < -0.3 is 10.2 Å². The van der Waals surface area contributed by atoms with Crippen molar-refractivity contribution in [3.05, 3.63) is 40.2 Å². The first-order chi connectivity index (χ1) is 12.7. The molecule has 1 saturated heterocycles. The molecule has 2 aliphatic heterocycles. The number of rotatable bonds is 2. The van der Waals surface area contributed by atoms with Gasteiger partial charge in [0.1, 0.15) is 0 Å². The lowest BCUT2D eigenvalue weighted by atomic mass is 9.81. The molecule has 1 fully saturated rings. The minimum absolute atomic E-state index is 0.405. The molecule has 5 heteroatoms. The van der Waals surface area contributed by atoms with Crippen LogP contribution < -0.4 is 5.32 Å². The molecule has 0 saturated carbocycles. The standard InChI is InChI=1S/C21H28N4S/c1-15-3-6-20(25-10-8-22-9-11-25)21-16(2)17(13-23-24-21)4-5-19(15)18-7-12-26-14-18/h5-7,12-17,22H,3-4,8-11H2,1-2H3/b19-5+,20-6-/t15?,16?,17-/m1/s1. The number of hydrogen-bond donors (Lipinski definition) is 1. The minimum Gasteiger partial charge on any atom is -0.368 e. The molecule has 1 aliphatic carbocycles. The summed E-state index contributed by atoms with van der Waals surface area (Å²) in [5.74, 6) is 1.34. The molecule has 26 heavy (non-hydrogen) atoms. The maximum atomic E-state index is 4.59. The average molecular weight is 369 g/mol. The highest BCUT2D eigenvalue weighted by atomic mass is 32.1. The summed E-state index contributed by atoms with van der Waals surface area (Å²) in [6.07, 6.45) is 9.01. The van der Waals surface area contributed by atoms with E-state index in [1.807, 2.05) is 0 Å². The van der Waals surface area contributed by atoms with Gasteiger partial charge in [-0.3, -0.25) is 0 Å². The maximum Gasteiger partial charge on any atom is 0.0894 e. The lowest BCUT2D eigenvalue weighted by Crippen LogP contribution is -2.45. The van der Waals surface area contributed by atoms with E-state index in [1.165, 1.54) is 22.5 Å². The van der Waals surface area contributed by atoms with Crippen LogP contribution in [0.25, 0.3) is 5.57 Å². The Labute approximate surface area is 160 Å². The second-order valence-corrected chi connectivity index (χ2v) is 8.35. The number of nitrogens with one attached hydrogen (secondary N) is 1. The van der Waals surface area contributed by atoms with Gasteiger partial charge >= 0.3 is 0 Å². The second-order valence-electron chi connectivity index (χ2n) is 7.57. The smallest absolute Gasteiger partial charge is 0.0894 e. The van der Waals surface area contributed by atoms with E-state index in [-0.39, 0.29) is 0 Å². The average Bonchev–Trinajstić information content (AvgIpc) is 3.19. The molecule has 1 aromatic rings. The van der Waals surface area contributed by atoms with E-state index >= 15 is 0 Å². The molecule has 0 spiro atoms. The molecule has 4 rings (SSSR count). The van der Waals surface area contributed by atoms with Crippen molar-refractivity contribution in [2.24, 2.45) is 28.0 Å². The molecule has 4 nitrogen and oxygen atoms in total. The summed E-state index contributed by atoms with van der Waals surface area (Å²) < 4.78 is 0. The molecule has 3 heterocycles. The lowest BCUT2D eigenvalue weighted by molar-refractivity contribution is 0.307. The van der Waals surface area contributed by atoms with Crippen LogP contribution in [0.5, 0.6) is 0 Å². The fourth-order valence-electron chi connectivity index (χ4n) is 4.17. The molecular weight excluding hydrogens is 340 g/mol. The molecule has 3 atom stereocenters. The molecule has 0 aromatic carbocycles. The number of hydrogen-bond acceptors (Lipinski definition) is 5. The van der Waals surface area contributed by atoms with Crippen molar-refractivity contribution in [1.82, 2.24) is 10.2 Å². The van der Waals surface area contributed by atoms with Crippen molar-refractivity contribution >= 4 is 28.8 Å². The molecule has 138 valence electrons. The molecule has 1 N–H and O–H groups in total. The number of thiophene rings is 1. The first-order valence-corrected chi connectivity index (χ1v) is 10.7. The first kappa shape index (κ1) is 17.7. The third kappa shape index (κ3) is 3.55. The summed E-state index contributed by atoms with van der Waals surface area (Å²) in [6.45, 7) is 8.85. The zero-order valence-corrected chi connectivity index (χ0v) is 16.5. The highest BCUT2D eigenvalue weighted by Gasteiger charge is 2.30. The quantitative estimate of drug-likeness (QED) is 0.856. The molecule has 0 radical (unpaired) electrons. The fraction of sp³-hybridized carbons (Fsp3) is 0.524. The van der Waals surface area contributed by atoms with Crippen LogP contribution >= 0.6 is 11.3 Å². The summed E-state index contributed by atoms with van der Waals surface area (Å²) >= 11 is 1.78. The number of nitrogens with zero attached hydrogens (tertiary/aromatic N) is 3. The molecule has 3 aliphatic rings. The van der Waals surface area contributed by atoms with Gasteiger partial charge in [0, 0.05) is 44.2 Å². The Hall–Kier alpha value is -1.72. The molecule has 0 amide bonds. The molecule has 2 unspecified atom stereocenters. The van der Waals surface area contributed by atoms with Gasteiger partial charge in [-0.15, -0.1) is 0 Å². The Morgan fingerprint density at radius 1 is 1.15 bits per heavy atom. The zero-order chi connectivity index (χ0) is 17.9.